The van der Waals surface area contributed by atoms with E-state index in [9.17, 15) is 4.79 Å². The number of benzene rings is 1. The summed E-state index contributed by atoms with van der Waals surface area (Å²) in [5, 5.41) is 10.5. The summed E-state index contributed by atoms with van der Waals surface area (Å²) in [6.07, 6.45) is 2.23. The van der Waals surface area contributed by atoms with Gasteiger partial charge in [0.25, 0.3) is 5.91 Å². The molecule has 106 valence electrons. The van der Waals surface area contributed by atoms with E-state index in [1.807, 2.05) is 11.6 Å². The number of nitrogens with two attached hydrogens (primary N) is 1. The minimum atomic E-state index is -0.226. The van der Waals surface area contributed by atoms with Crippen LogP contribution < -0.4 is 15.8 Å². The summed E-state index contributed by atoms with van der Waals surface area (Å²) in [4.78, 5) is 12.1. The first kappa shape index (κ1) is 13.9. The molecule has 0 atom stereocenters. The molecule has 20 heavy (non-hydrogen) atoms. The molecular weight excluding hydrogens is 258 g/mol. The molecule has 0 fully saturated rings. The number of hydrogen-bond donors (Lipinski definition) is 2. The highest BCUT2D eigenvalue weighted by Gasteiger charge is 2.12. The van der Waals surface area contributed by atoms with Crippen molar-refractivity contribution in [2.75, 3.05) is 19.4 Å². The zero-order chi connectivity index (χ0) is 14.5. The van der Waals surface area contributed by atoms with Gasteiger partial charge >= 0.3 is 0 Å². The van der Waals surface area contributed by atoms with Crippen molar-refractivity contribution in [3.63, 3.8) is 0 Å². The van der Waals surface area contributed by atoms with Crippen LogP contribution in [0.25, 0.3) is 0 Å². The van der Waals surface area contributed by atoms with Crippen LogP contribution in [0.5, 0.6) is 5.75 Å². The van der Waals surface area contributed by atoms with Crippen LogP contribution in [0.1, 0.15) is 16.2 Å². The second kappa shape index (κ2) is 6.05. The van der Waals surface area contributed by atoms with Crippen molar-refractivity contribution in [2.24, 2.45) is 7.05 Å². The third-order valence-electron chi connectivity index (χ3n) is 2.91. The van der Waals surface area contributed by atoms with Gasteiger partial charge in [0.05, 0.1) is 12.7 Å². The first-order chi connectivity index (χ1) is 9.61. The first-order valence-corrected chi connectivity index (χ1v) is 6.16. The lowest BCUT2D eigenvalue weighted by atomic mass is 10.1. The molecule has 0 saturated heterocycles. The van der Waals surface area contributed by atoms with Gasteiger partial charge in [-0.25, -0.2) is 0 Å². The summed E-state index contributed by atoms with van der Waals surface area (Å²) >= 11 is 0. The smallest absolute Gasteiger partial charge is 0.255 e. The van der Waals surface area contributed by atoms with E-state index in [0.717, 1.165) is 5.82 Å². The topological polar surface area (TPSA) is 95.1 Å². The molecule has 3 N–H and O–H groups in total. The van der Waals surface area contributed by atoms with E-state index < -0.39 is 0 Å². The summed E-state index contributed by atoms with van der Waals surface area (Å²) in [5.41, 5.74) is 6.63. The van der Waals surface area contributed by atoms with Crippen molar-refractivity contribution >= 4 is 11.6 Å². The largest absolute Gasteiger partial charge is 0.496 e. The zero-order valence-corrected chi connectivity index (χ0v) is 11.5. The number of methoxy groups -OCH3 is 1. The van der Waals surface area contributed by atoms with Gasteiger partial charge in [-0.15, -0.1) is 10.2 Å². The number of carbonyl (C=O) groups excluding carboxylic acids is 1. The quantitative estimate of drug-likeness (QED) is 0.769. The summed E-state index contributed by atoms with van der Waals surface area (Å²) in [7, 11) is 3.37. The zero-order valence-electron chi connectivity index (χ0n) is 11.5. The number of nitrogens with zero attached hydrogens (tertiary/aromatic N) is 3. The van der Waals surface area contributed by atoms with Gasteiger partial charge in [-0.1, -0.05) is 0 Å². The molecule has 2 aromatic rings. The normalized spacial score (nSPS) is 10.3. The van der Waals surface area contributed by atoms with Crippen LogP contribution >= 0.6 is 0 Å². The molecular formula is C13H17N5O2. The highest BCUT2D eigenvalue weighted by atomic mass is 16.5. The number of anilines is 1. The fourth-order valence-electron chi connectivity index (χ4n) is 1.82. The van der Waals surface area contributed by atoms with Crippen LogP contribution in [0.4, 0.5) is 5.69 Å². The summed E-state index contributed by atoms with van der Waals surface area (Å²) in [6, 6.07) is 4.96. The summed E-state index contributed by atoms with van der Waals surface area (Å²) in [5.74, 6) is 1.08. The fraction of sp³-hybridized carbons (Fsp3) is 0.308. The lowest BCUT2D eigenvalue weighted by Gasteiger charge is -2.10. The van der Waals surface area contributed by atoms with Crippen LogP contribution in [0.15, 0.2) is 24.5 Å². The highest BCUT2D eigenvalue weighted by molar-refractivity contribution is 5.97. The third kappa shape index (κ3) is 3.05. The minimum Gasteiger partial charge on any atom is -0.496 e. The van der Waals surface area contributed by atoms with E-state index in [0.29, 0.717) is 30.0 Å². The SMILES string of the molecule is COc1ccc(N)cc1C(=O)NCCc1nncn1C. The Kier molecular flexibility index (Phi) is 4.19. The maximum Gasteiger partial charge on any atom is 0.255 e. The molecule has 1 aromatic carbocycles. The maximum absolute atomic E-state index is 12.1. The monoisotopic (exact) mass is 275 g/mol. The third-order valence-corrected chi connectivity index (χ3v) is 2.91. The predicted molar refractivity (Wildman–Crippen MR) is 74.4 cm³/mol. The molecule has 1 aromatic heterocycles. The van der Waals surface area contributed by atoms with Crippen molar-refractivity contribution in [1.29, 1.82) is 0 Å². The Bertz CT molecular complexity index is 609. The number of aryl methyl sites for hydroxylation is 1. The molecule has 0 unspecified atom stereocenters. The van der Waals surface area contributed by atoms with Crippen LogP contribution in [-0.4, -0.2) is 34.3 Å². The first-order valence-electron chi connectivity index (χ1n) is 6.16. The van der Waals surface area contributed by atoms with Gasteiger partial charge in [-0.3, -0.25) is 4.79 Å². The van der Waals surface area contributed by atoms with Crippen molar-refractivity contribution in [1.82, 2.24) is 20.1 Å². The van der Waals surface area contributed by atoms with E-state index in [4.69, 9.17) is 10.5 Å². The lowest BCUT2D eigenvalue weighted by Crippen LogP contribution is -2.26. The number of nitrogen functional groups attached to an aromatic ring is 1. The second-order valence-corrected chi connectivity index (χ2v) is 4.32. The molecule has 0 aliphatic rings. The molecule has 0 radical (unpaired) electrons. The highest BCUT2D eigenvalue weighted by Crippen LogP contribution is 2.20. The van der Waals surface area contributed by atoms with E-state index in [1.54, 1.807) is 24.5 Å². The molecule has 1 amide bonds. The number of ether oxygens (including phenoxy) is 1. The number of nitrogens with one attached hydrogen (secondary N) is 1. The average Bonchev–Trinajstić information content (AvgIpc) is 2.84. The molecule has 0 aliphatic carbocycles. The molecule has 7 heteroatoms. The van der Waals surface area contributed by atoms with E-state index in [1.165, 1.54) is 7.11 Å². The Labute approximate surface area is 116 Å². The van der Waals surface area contributed by atoms with Crippen LogP contribution in [-0.2, 0) is 13.5 Å². The van der Waals surface area contributed by atoms with Gasteiger partial charge < -0.3 is 20.4 Å². The fourth-order valence-corrected chi connectivity index (χ4v) is 1.82. The van der Waals surface area contributed by atoms with Crippen LogP contribution in [0.2, 0.25) is 0 Å². The molecule has 1 heterocycles. The standard InChI is InChI=1S/C13H17N5O2/c1-18-8-16-17-12(18)5-6-15-13(19)10-7-9(14)3-4-11(10)20-2/h3-4,7-8H,5-6,14H2,1-2H3,(H,15,19). The van der Waals surface area contributed by atoms with Crippen molar-refractivity contribution in [2.45, 2.75) is 6.42 Å². The Hall–Kier alpha value is -2.57. The molecule has 2 rings (SSSR count). The van der Waals surface area contributed by atoms with Gasteiger partial charge in [-0.05, 0) is 18.2 Å². The summed E-state index contributed by atoms with van der Waals surface area (Å²) < 4.78 is 6.96. The van der Waals surface area contributed by atoms with Gasteiger partial charge in [0.1, 0.15) is 17.9 Å². The number of aromatic nitrogens is 3. The van der Waals surface area contributed by atoms with Gasteiger partial charge in [0, 0.05) is 25.7 Å². The predicted octanol–water partition coefficient (Wildman–Crippen LogP) is 0.378. The van der Waals surface area contributed by atoms with Crippen LogP contribution in [0, 0.1) is 0 Å². The average molecular weight is 275 g/mol. The Balaban J connectivity index is 1.98. The van der Waals surface area contributed by atoms with Gasteiger partial charge in [0.15, 0.2) is 0 Å². The number of hydrogen-bond acceptors (Lipinski definition) is 5. The number of amides is 1. The Morgan fingerprint density at radius 2 is 2.30 bits per heavy atom. The lowest BCUT2D eigenvalue weighted by molar-refractivity contribution is 0.0951. The molecule has 0 spiro atoms. The molecule has 0 aliphatic heterocycles. The van der Waals surface area contributed by atoms with Gasteiger partial charge in [0.2, 0.25) is 0 Å². The summed E-state index contributed by atoms with van der Waals surface area (Å²) in [6.45, 7) is 0.462. The molecule has 0 saturated carbocycles. The minimum absolute atomic E-state index is 0.226. The molecule has 0 bridgehead atoms. The maximum atomic E-state index is 12.1. The van der Waals surface area contributed by atoms with Crippen LogP contribution in [0.3, 0.4) is 0 Å². The molecule has 7 nitrogen and oxygen atoms in total. The Morgan fingerprint density at radius 3 is 2.95 bits per heavy atom. The van der Waals surface area contributed by atoms with E-state index >= 15 is 0 Å². The Morgan fingerprint density at radius 1 is 1.50 bits per heavy atom. The van der Waals surface area contributed by atoms with E-state index in [2.05, 4.69) is 15.5 Å². The number of rotatable bonds is 5. The van der Waals surface area contributed by atoms with Crippen molar-refractivity contribution in [3.05, 3.63) is 35.9 Å². The second-order valence-electron chi connectivity index (χ2n) is 4.32. The van der Waals surface area contributed by atoms with E-state index in [-0.39, 0.29) is 5.91 Å². The van der Waals surface area contributed by atoms with Crippen molar-refractivity contribution in [3.8, 4) is 5.75 Å². The van der Waals surface area contributed by atoms with Crippen molar-refractivity contribution < 1.29 is 9.53 Å². The number of carbonyl (C=O) groups is 1. The van der Waals surface area contributed by atoms with Gasteiger partial charge in [-0.2, -0.15) is 0 Å².